The number of morpholine rings is 2. The van der Waals surface area contributed by atoms with E-state index in [1.165, 1.54) is 18.2 Å². The van der Waals surface area contributed by atoms with Crippen LogP contribution in [-0.4, -0.2) is 210 Å². The van der Waals surface area contributed by atoms with Crippen molar-refractivity contribution in [3.05, 3.63) is 214 Å². The van der Waals surface area contributed by atoms with E-state index in [1.54, 1.807) is 80.3 Å². The zero-order valence-electron chi connectivity index (χ0n) is 72.2. The van der Waals surface area contributed by atoms with E-state index in [0.29, 0.717) is 210 Å². The largest absolute Gasteiger partial charge is 0.449 e. The number of hydrogen-bond donors (Lipinski definition) is 9. The number of hydrogen-bond acceptors (Lipinski definition) is 23. The first-order valence-electron chi connectivity index (χ1n) is 43.5. The Labute approximate surface area is 758 Å². The molecule has 4 aromatic heterocycles. The first-order valence-corrected chi connectivity index (χ1v) is 43.5. The van der Waals surface area contributed by atoms with E-state index < -0.39 is 47.8 Å². The van der Waals surface area contributed by atoms with E-state index in [9.17, 15) is 76.7 Å². The number of fused-ring (bicyclic) bond motifs is 5. The number of halogens is 3. The van der Waals surface area contributed by atoms with Crippen LogP contribution in [-0.2, 0) is 76.9 Å². The average molecular weight is 1820 g/mol. The Bertz CT molecular complexity index is 6470. The predicted molar refractivity (Wildman–Crippen MR) is 486 cm³/mol. The van der Waals surface area contributed by atoms with E-state index in [1.807, 2.05) is 103 Å². The minimum absolute atomic E-state index is 0.00479. The molecule has 0 bridgehead atoms. The number of aryl methyl sites for hydroxylation is 4. The van der Waals surface area contributed by atoms with Gasteiger partial charge in [-0.15, -0.1) is 0 Å². The van der Waals surface area contributed by atoms with E-state index >= 15 is 0 Å². The Hall–Kier alpha value is -14.8. The molecular weight excluding hydrogens is 1720 g/mol. The number of primary amides is 1. The number of nitrogens with two attached hydrogens (primary N) is 1. The summed E-state index contributed by atoms with van der Waals surface area (Å²) in [7, 11) is 0. The molecule has 133 heavy (non-hydrogen) atoms. The maximum Gasteiger partial charge on any atom is 0.416 e. The fraction of sp³-hybridized carbons (Fsp3) is 0.330. The molecule has 9 heterocycles. The monoisotopic (exact) mass is 1820 g/mol. The number of nitrogens with one attached hydrogen (secondary N) is 4. The SMILES string of the molecule is N#Cc1cccc(C(=O)Nc2nc3cc(N4CCCOC4=O)ccc3n2CCCO)c1.NC(=O)CCc1cccc(C(=O)Nc2nc3cc(N4CCCOC4=O)ccc3n2CCCO)c1.O=C(Nc1nc2cc(N3CCOCC3=O)ccc2n1C1CCC(O)CC1)c1cccc(C(F)(F)F)c1.O=C(Nc1nc2cc(N3CCOCC3=O)ccc2n1CCCO)C1=NCc2ccccc21. The third kappa shape index (κ3) is 21.9. The maximum atomic E-state index is 13.2. The number of aromatic nitrogens is 8. The molecule has 690 valence electrons. The Balaban J connectivity index is 0.000000136. The summed E-state index contributed by atoms with van der Waals surface area (Å²) in [4.78, 5) is 141. The van der Waals surface area contributed by atoms with Gasteiger partial charge in [-0.25, -0.2) is 29.5 Å². The number of aliphatic hydroxyl groups excluding tert-OH is 4. The third-order valence-corrected chi connectivity index (χ3v) is 23.0. The number of anilines is 8. The van der Waals surface area contributed by atoms with Gasteiger partial charge in [0.15, 0.2) is 0 Å². The van der Waals surface area contributed by atoms with Crippen LogP contribution >= 0.6 is 0 Å². The molecule has 36 nitrogen and oxygen atoms in total. The van der Waals surface area contributed by atoms with Crippen molar-refractivity contribution in [2.75, 3.05) is 127 Å². The zero-order valence-corrected chi connectivity index (χ0v) is 72.2. The smallest absolute Gasteiger partial charge is 0.416 e. The van der Waals surface area contributed by atoms with Gasteiger partial charge in [0.1, 0.15) is 18.9 Å². The number of cyclic esters (lactones) is 2. The predicted octanol–water partition coefficient (Wildman–Crippen LogP) is 11.2. The molecule has 10 N–H and O–H groups in total. The van der Waals surface area contributed by atoms with Crippen LogP contribution in [0.15, 0.2) is 175 Å². The van der Waals surface area contributed by atoms with Crippen molar-refractivity contribution in [1.82, 2.24) is 38.2 Å². The van der Waals surface area contributed by atoms with Gasteiger partial charge in [0.25, 0.3) is 35.4 Å². The van der Waals surface area contributed by atoms with Gasteiger partial charge in [-0.2, -0.15) is 18.4 Å². The number of aliphatic hydroxyl groups is 4. The van der Waals surface area contributed by atoms with E-state index in [0.717, 1.165) is 69.4 Å². The molecule has 0 atom stereocenters. The van der Waals surface area contributed by atoms with Gasteiger partial charge in [0, 0.05) is 123 Å². The van der Waals surface area contributed by atoms with Gasteiger partial charge in [-0.3, -0.25) is 69.6 Å². The fourth-order valence-corrected chi connectivity index (χ4v) is 16.4. The number of ether oxygens (including phenoxy) is 4. The Morgan fingerprint density at radius 3 is 1.41 bits per heavy atom. The van der Waals surface area contributed by atoms with Crippen LogP contribution in [0.3, 0.4) is 0 Å². The Kier molecular flexibility index (Phi) is 29.6. The fourth-order valence-electron chi connectivity index (χ4n) is 16.4. The molecule has 1 saturated carbocycles. The number of nitrogens with zero attached hydrogens (tertiary/aromatic N) is 14. The molecule has 5 aliphatic heterocycles. The lowest BCUT2D eigenvalue weighted by Gasteiger charge is -2.28. The highest BCUT2D eigenvalue weighted by atomic mass is 19.4. The lowest BCUT2D eigenvalue weighted by atomic mass is 9.93. The van der Waals surface area contributed by atoms with Crippen molar-refractivity contribution < 1.29 is 95.7 Å². The molecule has 18 rings (SSSR count). The number of aliphatic imine (C=N–C) groups is 1. The molecule has 4 saturated heterocycles. The molecule has 12 aromatic rings. The molecule has 6 aliphatic rings. The number of nitriles is 1. The van der Waals surface area contributed by atoms with Gasteiger partial charge in [-0.1, -0.05) is 48.5 Å². The normalized spacial score (nSPS) is 16.2. The van der Waals surface area contributed by atoms with Crippen LogP contribution in [0.5, 0.6) is 0 Å². The van der Waals surface area contributed by atoms with Crippen molar-refractivity contribution in [2.24, 2.45) is 10.7 Å². The zero-order chi connectivity index (χ0) is 93.4. The summed E-state index contributed by atoms with van der Waals surface area (Å²) in [5.41, 5.74) is 16.6. The van der Waals surface area contributed by atoms with Crippen LogP contribution in [0, 0.1) is 11.3 Å². The molecule has 1 aliphatic carbocycles. The molecular formula is C94H96F3N19O17. The number of rotatable bonds is 25. The molecule has 0 radical (unpaired) electrons. The molecule has 8 aromatic carbocycles. The van der Waals surface area contributed by atoms with Gasteiger partial charge in [-0.05, 0) is 197 Å². The summed E-state index contributed by atoms with van der Waals surface area (Å²) < 4.78 is 67.5. The molecule has 0 unspecified atom stereocenters. The first-order chi connectivity index (χ1) is 64.4. The van der Waals surface area contributed by atoms with Crippen LogP contribution in [0.2, 0.25) is 0 Å². The number of carbonyl (C=O) groups excluding carboxylic acids is 9. The minimum atomic E-state index is -4.57. The van der Waals surface area contributed by atoms with Crippen molar-refractivity contribution in [3.63, 3.8) is 0 Å². The lowest BCUT2D eigenvalue weighted by Crippen LogP contribution is -2.41. The highest BCUT2D eigenvalue weighted by Gasteiger charge is 2.34. The van der Waals surface area contributed by atoms with Crippen LogP contribution in [0.1, 0.15) is 129 Å². The Morgan fingerprint density at radius 1 is 0.489 bits per heavy atom. The summed E-state index contributed by atoms with van der Waals surface area (Å²) in [6, 6.07) is 49.1. The van der Waals surface area contributed by atoms with Crippen LogP contribution in [0.4, 0.5) is 69.3 Å². The van der Waals surface area contributed by atoms with Crippen molar-refractivity contribution in [1.29, 1.82) is 5.26 Å². The van der Waals surface area contributed by atoms with Gasteiger partial charge < -0.3 is 73.2 Å². The summed E-state index contributed by atoms with van der Waals surface area (Å²) in [6.45, 7) is 5.68. The number of imidazole rings is 4. The lowest BCUT2D eigenvalue weighted by molar-refractivity contribution is -0.137. The second-order valence-corrected chi connectivity index (χ2v) is 32.0. The summed E-state index contributed by atoms with van der Waals surface area (Å²) >= 11 is 0. The molecule has 0 spiro atoms. The maximum absolute atomic E-state index is 13.2. The van der Waals surface area contributed by atoms with Crippen molar-refractivity contribution >= 4 is 150 Å². The average Bonchev–Trinajstić information content (AvgIpc) is 1.63. The number of benzene rings is 8. The minimum Gasteiger partial charge on any atom is -0.449 e. The second-order valence-electron chi connectivity index (χ2n) is 32.0. The summed E-state index contributed by atoms with van der Waals surface area (Å²) in [6.07, 6.45) is 0.374. The van der Waals surface area contributed by atoms with Crippen LogP contribution in [0.25, 0.3) is 44.1 Å². The summed E-state index contributed by atoms with van der Waals surface area (Å²) in [5.74, 6) is -1.17. The van der Waals surface area contributed by atoms with Crippen molar-refractivity contribution in [3.8, 4) is 6.07 Å². The van der Waals surface area contributed by atoms with E-state index in [-0.39, 0.29) is 80.6 Å². The van der Waals surface area contributed by atoms with Gasteiger partial charge in [0.2, 0.25) is 29.7 Å². The highest BCUT2D eigenvalue weighted by molar-refractivity contribution is 6.49. The topological polar surface area (TPSA) is 466 Å². The number of amides is 9. The third-order valence-electron chi connectivity index (χ3n) is 23.0. The van der Waals surface area contributed by atoms with E-state index in [2.05, 4.69) is 46.2 Å². The summed E-state index contributed by atoms with van der Waals surface area (Å²) in [5, 5.41) is 58.2. The standard InChI is InChI=1S/C25H25F3N4O4.C24H27N5O5.C23H23N5O4.C22H21N5O4/c26-25(27,28)16-3-1-2-15(12-16)23(35)30-24-29-20-13-18(31-10-11-36-14-22(31)34)6-9-21(20)32(24)17-4-7-19(33)8-5-17;25-21(31)9-6-16-4-1-5-17(14-16)22(32)27-23-26-19-15-18(28-11-3-13-34-24(28)33)7-8-20(19)29(23)10-2-12-30;29-10-3-8-28-19-7-6-16(27-9-11-32-14-20(27)30)12-18(19)25-23(28)26-22(31)21-17-5-2-1-4-15(17)13-24-21;23-14-15-4-1-5-16(12-15)20(29)25-21-24-18-13-17(26-9-3-11-31-22(26)30)6-7-19(18)27(21)8-2-10-28/h1-3,6,9,12-13,17,19,33H,4-5,7-8,10-11,14H2,(H,29,30,35);1,4-5,7-8,14-15,30H,2-3,6,9-13H2,(H2,25,31)(H,26,27,32);1-2,4-7,12,29H,3,8-11,13-14H2,(H,25,26,31);1,4-7,12-13,28H,2-3,8-11H2,(H,24,25,29). The molecule has 5 fully saturated rings. The quantitative estimate of drug-likeness (QED) is 0.0257. The van der Waals surface area contributed by atoms with Crippen LogP contribution < -0.4 is 46.6 Å². The van der Waals surface area contributed by atoms with Gasteiger partial charge >= 0.3 is 18.4 Å². The first kappa shape index (κ1) is 92.9. The molecule has 39 heteroatoms. The van der Waals surface area contributed by atoms with E-state index in [4.69, 9.17) is 29.9 Å². The Morgan fingerprint density at radius 2 is 0.932 bits per heavy atom. The molecule has 9 amide bonds. The number of alkyl halides is 3. The number of carbonyl (C=O) groups is 9. The van der Waals surface area contributed by atoms with Gasteiger partial charge in [0.05, 0.1) is 100 Å². The van der Waals surface area contributed by atoms with Crippen molar-refractivity contribution in [2.45, 2.75) is 115 Å². The highest BCUT2D eigenvalue weighted by Crippen LogP contribution is 2.39. The second kappa shape index (κ2) is 42.4.